The fourth-order valence-electron chi connectivity index (χ4n) is 0.380. The van der Waals surface area contributed by atoms with Crippen LogP contribution in [0.15, 0.2) is 0 Å². The lowest BCUT2D eigenvalue weighted by atomic mass is 10.3. The summed E-state index contributed by atoms with van der Waals surface area (Å²) in [6.45, 7) is 2.67. The predicted molar refractivity (Wildman–Crippen MR) is 33.8 cm³/mol. The van der Waals surface area contributed by atoms with Gasteiger partial charge in [0.2, 0.25) is 0 Å². The lowest BCUT2D eigenvalue weighted by Crippen LogP contribution is -2.22. The van der Waals surface area contributed by atoms with Crippen LogP contribution in [-0.4, -0.2) is 30.3 Å². The van der Waals surface area contributed by atoms with Gasteiger partial charge in [-0.05, 0) is 13.5 Å². The lowest BCUT2D eigenvalue weighted by Gasteiger charge is -2.03. The van der Waals surface area contributed by atoms with Crippen LogP contribution in [0.4, 0.5) is 0 Å². The van der Waals surface area contributed by atoms with Crippen LogP contribution in [0, 0.1) is 0 Å². The second-order valence-electron chi connectivity index (χ2n) is 1.62. The van der Waals surface area contributed by atoms with Crippen LogP contribution in [0.2, 0.25) is 0 Å². The summed E-state index contributed by atoms with van der Waals surface area (Å²) >= 11 is 0. The molecule has 0 fully saturated rings. The highest BCUT2D eigenvalue weighted by Crippen LogP contribution is 1.83. The summed E-state index contributed by atoms with van der Waals surface area (Å²) in [4.78, 5) is 0. The molecule has 0 bridgehead atoms. The van der Waals surface area contributed by atoms with Crippen molar-refractivity contribution in [3.8, 4) is 0 Å². The zero-order chi connectivity index (χ0) is 5.70. The SMILES string of the molecule is CCC(O)CNC.O. The molecule has 0 heterocycles. The monoisotopic (exact) mass is 121 g/mol. The summed E-state index contributed by atoms with van der Waals surface area (Å²) in [7, 11) is 1.83. The van der Waals surface area contributed by atoms with E-state index in [1.807, 2.05) is 14.0 Å². The van der Waals surface area contributed by atoms with Crippen LogP contribution < -0.4 is 5.32 Å². The zero-order valence-electron chi connectivity index (χ0n) is 5.44. The summed E-state index contributed by atoms with van der Waals surface area (Å²) in [5.41, 5.74) is 0. The van der Waals surface area contributed by atoms with Crippen molar-refractivity contribution in [1.82, 2.24) is 5.32 Å². The highest BCUT2D eigenvalue weighted by molar-refractivity contribution is 4.51. The third-order valence-corrected chi connectivity index (χ3v) is 0.911. The van der Waals surface area contributed by atoms with Gasteiger partial charge in [0.1, 0.15) is 0 Å². The van der Waals surface area contributed by atoms with E-state index in [9.17, 15) is 0 Å². The minimum Gasteiger partial charge on any atom is -0.412 e. The van der Waals surface area contributed by atoms with Crippen LogP contribution in [0.25, 0.3) is 0 Å². The fourth-order valence-corrected chi connectivity index (χ4v) is 0.380. The molecule has 0 aliphatic heterocycles. The molecule has 0 spiro atoms. The van der Waals surface area contributed by atoms with Crippen LogP contribution >= 0.6 is 0 Å². The van der Waals surface area contributed by atoms with Gasteiger partial charge in [-0.1, -0.05) is 6.92 Å². The molecular weight excluding hydrogens is 106 g/mol. The molecule has 0 aliphatic rings. The molecule has 1 unspecified atom stereocenters. The van der Waals surface area contributed by atoms with E-state index in [0.29, 0.717) is 6.54 Å². The Balaban J connectivity index is 0. The molecule has 0 saturated carbocycles. The van der Waals surface area contributed by atoms with E-state index in [1.54, 1.807) is 0 Å². The second-order valence-corrected chi connectivity index (χ2v) is 1.62. The summed E-state index contributed by atoms with van der Waals surface area (Å²) < 4.78 is 0. The van der Waals surface area contributed by atoms with E-state index in [1.165, 1.54) is 0 Å². The molecule has 0 aliphatic carbocycles. The zero-order valence-corrected chi connectivity index (χ0v) is 5.44. The first-order chi connectivity index (χ1) is 3.31. The molecule has 1 atom stereocenters. The standard InChI is InChI=1S/C5H13NO.H2O/c1-3-5(7)4-6-2;/h5-7H,3-4H2,1-2H3;1H2. The first-order valence-corrected chi connectivity index (χ1v) is 2.64. The number of hydrogen-bond acceptors (Lipinski definition) is 2. The molecular formula is C5H15NO2. The lowest BCUT2D eigenvalue weighted by molar-refractivity contribution is 0.170. The van der Waals surface area contributed by atoms with Crippen molar-refractivity contribution in [1.29, 1.82) is 0 Å². The first-order valence-electron chi connectivity index (χ1n) is 2.64. The van der Waals surface area contributed by atoms with E-state index in [4.69, 9.17) is 5.11 Å². The molecule has 0 saturated heterocycles. The van der Waals surface area contributed by atoms with Crippen molar-refractivity contribution in [3.63, 3.8) is 0 Å². The molecule has 0 aromatic carbocycles. The van der Waals surface area contributed by atoms with E-state index < -0.39 is 0 Å². The molecule has 0 rings (SSSR count). The highest BCUT2D eigenvalue weighted by atomic mass is 16.3. The maximum atomic E-state index is 8.80. The number of aliphatic hydroxyl groups excluding tert-OH is 1. The predicted octanol–water partition coefficient (Wildman–Crippen LogP) is -0.848. The third kappa shape index (κ3) is 5.88. The first kappa shape index (κ1) is 10.8. The molecule has 0 aromatic rings. The molecule has 3 heteroatoms. The number of nitrogens with one attached hydrogen (secondary N) is 1. The maximum absolute atomic E-state index is 8.80. The molecule has 0 amide bonds. The Labute approximate surface area is 50.0 Å². The van der Waals surface area contributed by atoms with Crippen LogP contribution in [0.3, 0.4) is 0 Å². The smallest absolute Gasteiger partial charge is 0.0661 e. The summed E-state index contributed by atoms with van der Waals surface area (Å²) in [6, 6.07) is 0. The molecule has 8 heavy (non-hydrogen) atoms. The van der Waals surface area contributed by atoms with Gasteiger partial charge in [-0.2, -0.15) is 0 Å². The fraction of sp³-hybridized carbons (Fsp3) is 1.00. The Hall–Kier alpha value is -0.120. The van der Waals surface area contributed by atoms with Gasteiger partial charge in [0.05, 0.1) is 6.10 Å². The van der Waals surface area contributed by atoms with Crippen molar-refractivity contribution in [3.05, 3.63) is 0 Å². The number of rotatable bonds is 3. The Kier molecular flexibility index (Phi) is 9.28. The Morgan fingerprint density at radius 3 is 2.25 bits per heavy atom. The van der Waals surface area contributed by atoms with E-state index in [0.717, 1.165) is 6.42 Å². The van der Waals surface area contributed by atoms with Crippen LogP contribution in [0.5, 0.6) is 0 Å². The second kappa shape index (κ2) is 6.88. The summed E-state index contributed by atoms with van der Waals surface area (Å²) in [5.74, 6) is 0. The average molecular weight is 121 g/mol. The largest absolute Gasteiger partial charge is 0.412 e. The molecule has 4 N–H and O–H groups in total. The van der Waals surface area contributed by atoms with Gasteiger partial charge in [0.15, 0.2) is 0 Å². The highest BCUT2D eigenvalue weighted by Gasteiger charge is 1.93. The minimum atomic E-state index is -0.162. The molecule has 0 radical (unpaired) electrons. The molecule has 52 valence electrons. The van der Waals surface area contributed by atoms with Gasteiger partial charge < -0.3 is 15.9 Å². The summed E-state index contributed by atoms with van der Waals surface area (Å²) in [6.07, 6.45) is 0.672. The van der Waals surface area contributed by atoms with Crippen LogP contribution in [-0.2, 0) is 0 Å². The van der Waals surface area contributed by atoms with Crippen molar-refractivity contribution in [2.24, 2.45) is 0 Å². The van der Waals surface area contributed by atoms with Crippen molar-refractivity contribution >= 4 is 0 Å². The van der Waals surface area contributed by atoms with Gasteiger partial charge in [-0.25, -0.2) is 0 Å². The Morgan fingerprint density at radius 1 is 1.62 bits per heavy atom. The molecule has 3 nitrogen and oxygen atoms in total. The van der Waals surface area contributed by atoms with Crippen LogP contribution in [0.1, 0.15) is 13.3 Å². The normalized spacial score (nSPS) is 12.4. The van der Waals surface area contributed by atoms with E-state index >= 15 is 0 Å². The third-order valence-electron chi connectivity index (χ3n) is 0.911. The van der Waals surface area contributed by atoms with Crippen molar-refractivity contribution in [2.45, 2.75) is 19.4 Å². The van der Waals surface area contributed by atoms with Gasteiger partial charge in [0, 0.05) is 6.54 Å². The van der Waals surface area contributed by atoms with Crippen molar-refractivity contribution in [2.75, 3.05) is 13.6 Å². The van der Waals surface area contributed by atoms with Crippen molar-refractivity contribution < 1.29 is 10.6 Å². The quantitative estimate of drug-likeness (QED) is 0.511. The van der Waals surface area contributed by atoms with Gasteiger partial charge in [-0.15, -0.1) is 0 Å². The van der Waals surface area contributed by atoms with Gasteiger partial charge in [-0.3, -0.25) is 0 Å². The Morgan fingerprint density at radius 2 is 2.12 bits per heavy atom. The maximum Gasteiger partial charge on any atom is 0.0661 e. The number of likely N-dealkylation sites (N-methyl/N-ethyl adjacent to an activating group) is 1. The number of hydrogen-bond donors (Lipinski definition) is 2. The number of aliphatic hydroxyl groups is 1. The van der Waals surface area contributed by atoms with E-state index in [2.05, 4.69) is 5.32 Å². The summed E-state index contributed by atoms with van der Waals surface area (Å²) in [5, 5.41) is 11.7. The topological polar surface area (TPSA) is 63.8 Å². The average Bonchev–Trinajstić information content (AvgIpc) is 1.68. The van der Waals surface area contributed by atoms with Gasteiger partial charge in [0.25, 0.3) is 0 Å². The minimum absolute atomic E-state index is 0. The molecule has 0 aromatic heterocycles. The Bertz CT molecular complexity index is 41.4. The van der Waals surface area contributed by atoms with Gasteiger partial charge >= 0.3 is 0 Å². The van der Waals surface area contributed by atoms with E-state index in [-0.39, 0.29) is 11.6 Å².